The molecule has 6 nitrogen and oxygen atoms in total. The van der Waals surface area contributed by atoms with Crippen LogP contribution in [0.5, 0.6) is 0 Å². The van der Waals surface area contributed by atoms with Gasteiger partial charge in [0.1, 0.15) is 0 Å². The number of nitro groups is 1. The highest BCUT2D eigenvalue weighted by Gasteiger charge is 2.12. The summed E-state index contributed by atoms with van der Waals surface area (Å²) in [6, 6.07) is 5.99. The van der Waals surface area contributed by atoms with Gasteiger partial charge in [0.2, 0.25) is 5.91 Å². The number of non-ortho nitro benzene ring substituents is 1. The number of nitro benzene ring substituents is 1. The highest BCUT2D eigenvalue weighted by Crippen LogP contribution is 2.18. The maximum Gasteiger partial charge on any atom is 0.269 e. The van der Waals surface area contributed by atoms with Crippen LogP contribution in [0.2, 0.25) is 0 Å². The molecular weight excluding hydrogens is 270 g/mol. The van der Waals surface area contributed by atoms with E-state index in [9.17, 15) is 14.9 Å². The third kappa shape index (κ3) is 5.67. The molecule has 0 aliphatic heterocycles. The minimum atomic E-state index is -0.452. The van der Waals surface area contributed by atoms with Crippen molar-refractivity contribution in [3.8, 4) is 0 Å². The van der Waals surface area contributed by atoms with Crippen LogP contribution in [0.15, 0.2) is 24.3 Å². The van der Waals surface area contributed by atoms with Crippen LogP contribution in [0, 0.1) is 10.1 Å². The normalized spacial score (nSPS) is 11.3. The SMILES string of the molecule is CC(NC(=O)CCCN)c1cccc([N+](=O)[O-])c1.Cl. The Balaban J connectivity index is 0.00000324. The first-order valence-corrected chi connectivity index (χ1v) is 5.78. The molecule has 7 heteroatoms. The molecule has 3 N–H and O–H groups in total. The summed E-state index contributed by atoms with van der Waals surface area (Å²) in [5.41, 5.74) is 6.05. The Morgan fingerprint density at radius 1 is 1.53 bits per heavy atom. The fraction of sp³-hybridized carbons (Fsp3) is 0.417. The van der Waals surface area contributed by atoms with Gasteiger partial charge in [-0.3, -0.25) is 14.9 Å². The van der Waals surface area contributed by atoms with E-state index in [-0.39, 0.29) is 30.0 Å². The van der Waals surface area contributed by atoms with Crippen molar-refractivity contribution in [2.45, 2.75) is 25.8 Å². The lowest BCUT2D eigenvalue weighted by molar-refractivity contribution is -0.384. The Labute approximate surface area is 117 Å². The average molecular weight is 288 g/mol. The molecule has 0 aliphatic rings. The number of amides is 1. The van der Waals surface area contributed by atoms with Crippen molar-refractivity contribution < 1.29 is 9.72 Å². The summed E-state index contributed by atoms with van der Waals surface area (Å²) in [5, 5.41) is 13.4. The second-order valence-corrected chi connectivity index (χ2v) is 4.03. The molecule has 0 aromatic heterocycles. The van der Waals surface area contributed by atoms with Crippen LogP contribution in [-0.2, 0) is 4.79 Å². The number of carbonyl (C=O) groups is 1. The summed E-state index contributed by atoms with van der Waals surface area (Å²) in [7, 11) is 0. The van der Waals surface area contributed by atoms with Crippen LogP contribution in [0.1, 0.15) is 31.4 Å². The molecule has 1 atom stereocenters. The molecule has 1 amide bonds. The van der Waals surface area contributed by atoms with E-state index in [1.807, 2.05) is 0 Å². The van der Waals surface area contributed by atoms with Gasteiger partial charge in [-0.25, -0.2) is 0 Å². The van der Waals surface area contributed by atoms with Gasteiger partial charge in [0, 0.05) is 18.6 Å². The summed E-state index contributed by atoms with van der Waals surface area (Å²) in [4.78, 5) is 21.7. The number of hydrogen-bond acceptors (Lipinski definition) is 4. The number of halogens is 1. The number of carbonyl (C=O) groups excluding carboxylic acids is 1. The standard InChI is InChI=1S/C12H17N3O3.ClH/c1-9(14-12(16)6-3-7-13)10-4-2-5-11(8-10)15(17)18;/h2,4-5,8-9H,3,6-7,13H2,1H3,(H,14,16);1H. The van der Waals surface area contributed by atoms with Crippen molar-refractivity contribution in [2.24, 2.45) is 5.73 Å². The maximum atomic E-state index is 11.5. The van der Waals surface area contributed by atoms with Crippen molar-refractivity contribution in [1.82, 2.24) is 5.32 Å². The summed E-state index contributed by atoms with van der Waals surface area (Å²) in [6.07, 6.45) is 1.00. The summed E-state index contributed by atoms with van der Waals surface area (Å²) < 4.78 is 0. The molecule has 0 bridgehead atoms. The van der Waals surface area contributed by atoms with Gasteiger partial charge in [-0.15, -0.1) is 12.4 Å². The number of hydrogen-bond donors (Lipinski definition) is 2. The molecular formula is C12H18ClN3O3. The minimum Gasteiger partial charge on any atom is -0.350 e. The van der Waals surface area contributed by atoms with Crippen LogP contribution in [0.3, 0.4) is 0 Å². The summed E-state index contributed by atoms with van der Waals surface area (Å²) in [5.74, 6) is -0.0977. The van der Waals surface area contributed by atoms with Crippen molar-refractivity contribution in [3.63, 3.8) is 0 Å². The van der Waals surface area contributed by atoms with Crippen molar-refractivity contribution >= 4 is 24.0 Å². The number of nitrogens with zero attached hydrogens (tertiary/aromatic N) is 1. The van der Waals surface area contributed by atoms with Gasteiger partial charge in [0.15, 0.2) is 0 Å². The zero-order valence-electron chi connectivity index (χ0n) is 10.7. The smallest absolute Gasteiger partial charge is 0.269 e. The molecule has 106 valence electrons. The average Bonchev–Trinajstić information content (AvgIpc) is 2.36. The van der Waals surface area contributed by atoms with E-state index in [1.165, 1.54) is 12.1 Å². The molecule has 0 spiro atoms. The van der Waals surface area contributed by atoms with E-state index >= 15 is 0 Å². The molecule has 0 aliphatic carbocycles. The molecule has 0 saturated heterocycles. The second-order valence-electron chi connectivity index (χ2n) is 4.03. The van der Waals surface area contributed by atoms with Crippen LogP contribution < -0.4 is 11.1 Å². The molecule has 0 saturated carbocycles. The van der Waals surface area contributed by atoms with Gasteiger partial charge in [-0.05, 0) is 25.5 Å². The molecule has 0 radical (unpaired) electrons. The van der Waals surface area contributed by atoms with Crippen LogP contribution >= 0.6 is 12.4 Å². The van der Waals surface area contributed by atoms with E-state index < -0.39 is 4.92 Å². The lowest BCUT2D eigenvalue weighted by atomic mass is 10.1. The summed E-state index contributed by atoms with van der Waals surface area (Å²) >= 11 is 0. The lowest BCUT2D eigenvalue weighted by Crippen LogP contribution is -2.26. The van der Waals surface area contributed by atoms with Gasteiger partial charge in [-0.1, -0.05) is 12.1 Å². The predicted octanol–water partition coefficient (Wildman–Crippen LogP) is 1.93. The fourth-order valence-electron chi connectivity index (χ4n) is 1.57. The Kier molecular flexibility index (Phi) is 7.71. The maximum absolute atomic E-state index is 11.5. The number of rotatable bonds is 6. The summed E-state index contributed by atoms with van der Waals surface area (Å²) in [6.45, 7) is 2.26. The first-order chi connectivity index (χ1) is 8.54. The van der Waals surface area contributed by atoms with Gasteiger partial charge >= 0.3 is 0 Å². The monoisotopic (exact) mass is 287 g/mol. The third-order valence-electron chi connectivity index (χ3n) is 2.57. The third-order valence-corrected chi connectivity index (χ3v) is 2.57. The van der Waals surface area contributed by atoms with Crippen molar-refractivity contribution in [1.29, 1.82) is 0 Å². The second kappa shape index (κ2) is 8.44. The van der Waals surface area contributed by atoms with Crippen LogP contribution in [0.25, 0.3) is 0 Å². The molecule has 0 fully saturated rings. The minimum absolute atomic E-state index is 0. The Morgan fingerprint density at radius 2 is 2.21 bits per heavy atom. The molecule has 19 heavy (non-hydrogen) atoms. The Bertz CT molecular complexity index is 440. The lowest BCUT2D eigenvalue weighted by Gasteiger charge is -2.14. The Morgan fingerprint density at radius 3 is 2.79 bits per heavy atom. The topological polar surface area (TPSA) is 98.3 Å². The predicted molar refractivity (Wildman–Crippen MR) is 75.2 cm³/mol. The van der Waals surface area contributed by atoms with Gasteiger partial charge in [0.05, 0.1) is 11.0 Å². The van der Waals surface area contributed by atoms with E-state index in [4.69, 9.17) is 5.73 Å². The number of nitrogens with two attached hydrogens (primary N) is 1. The quantitative estimate of drug-likeness (QED) is 0.617. The number of benzene rings is 1. The molecule has 1 aromatic rings. The van der Waals surface area contributed by atoms with Crippen molar-refractivity contribution in [3.05, 3.63) is 39.9 Å². The van der Waals surface area contributed by atoms with Crippen LogP contribution in [0.4, 0.5) is 5.69 Å². The number of nitrogens with one attached hydrogen (secondary N) is 1. The van der Waals surface area contributed by atoms with E-state index in [1.54, 1.807) is 19.1 Å². The van der Waals surface area contributed by atoms with Crippen molar-refractivity contribution in [2.75, 3.05) is 6.54 Å². The molecule has 1 rings (SSSR count). The van der Waals surface area contributed by atoms with E-state index in [0.29, 0.717) is 24.9 Å². The highest BCUT2D eigenvalue weighted by atomic mass is 35.5. The zero-order chi connectivity index (χ0) is 13.5. The zero-order valence-corrected chi connectivity index (χ0v) is 11.5. The van der Waals surface area contributed by atoms with Gasteiger partial charge < -0.3 is 11.1 Å². The van der Waals surface area contributed by atoms with Gasteiger partial charge in [-0.2, -0.15) is 0 Å². The molecule has 0 heterocycles. The fourth-order valence-corrected chi connectivity index (χ4v) is 1.57. The Hall–Kier alpha value is -1.66. The molecule has 1 unspecified atom stereocenters. The van der Waals surface area contributed by atoms with E-state index in [2.05, 4.69) is 5.32 Å². The van der Waals surface area contributed by atoms with Gasteiger partial charge in [0.25, 0.3) is 5.69 Å². The first-order valence-electron chi connectivity index (χ1n) is 5.78. The van der Waals surface area contributed by atoms with Crippen LogP contribution in [-0.4, -0.2) is 17.4 Å². The highest BCUT2D eigenvalue weighted by molar-refractivity contribution is 5.85. The first kappa shape index (κ1) is 17.3. The largest absolute Gasteiger partial charge is 0.350 e. The van der Waals surface area contributed by atoms with E-state index in [0.717, 1.165) is 0 Å². The molecule has 1 aromatic carbocycles.